The van der Waals surface area contributed by atoms with Gasteiger partial charge in [-0.1, -0.05) is 11.3 Å². The SMILES string of the molecule is Sc1nncs1.[K]. The normalized spacial score (nSPS) is 7.57. The van der Waals surface area contributed by atoms with Gasteiger partial charge in [-0.05, 0) is 0 Å². The van der Waals surface area contributed by atoms with Gasteiger partial charge in [-0.25, -0.2) is 0 Å². The Labute approximate surface area is 93.6 Å². The largest absolute Gasteiger partial charge is 0.170 e. The van der Waals surface area contributed by atoms with Crippen LogP contribution in [0.1, 0.15) is 0 Å². The molecule has 0 fully saturated rings. The summed E-state index contributed by atoms with van der Waals surface area (Å²) >= 11 is 5.30. The number of aromatic nitrogens is 2. The van der Waals surface area contributed by atoms with E-state index in [0.717, 1.165) is 4.34 Å². The van der Waals surface area contributed by atoms with Crippen LogP contribution in [0.4, 0.5) is 0 Å². The van der Waals surface area contributed by atoms with E-state index < -0.39 is 0 Å². The zero-order valence-corrected chi connectivity index (χ0v) is 8.66. The molecule has 1 aromatic rings. The van der Waals surface area contributed by atoms with E-state index in [1.54, 1.807) is 5.51 Å². The molecular weight excluding hydrogens is 155 g/mol. The number of thiol groups is 1. The second-order valence-corrected chi connectivity index (χ2v) is 2.28. The van der Waals surface area contributed by atoms with Crippen molar-refractivity contribution in [2.75, 3.05) is 0 Å². The van der Waals surface area contributed by atoms with Crippen molar-refractivity contribution in [2.24, 2.45) is 0 Å². The zero-order valence-electron chi connectivity index (χ0n) is 3.83. The van der Waals surface area contributed by atoms with Gasteiger partial charge in [-0.2, -0.15) is 0 Å². The Morgan fingerprint density at radius 2 is 2.43 bits per heavy atom. The summed E-state index contributed by atoms with van der Waals surface area (Å²) in [5, 5.41) is 7.06. The smallest absolute Gasteiger partial charge is 0.146 e. The molecule has 0 aliphatic rings. The molecule has 1 aromatic heterocycles. The molecule has 0 bridgehead atoms. The average Bonchev–Trinajstić information content (AvgIpc) is 1.86. The van der Waals surface area contributed by atoms with Crippen LogP contribution >= 0.6 is 24.0 Å². The summed E-state index contributed by atoms with van der Waals surface area (Å²) in [6, 6.07) is 0. The van der Waals surface area contributed by atoms with Crippen LogP contribution in [0.15, 0.2) is 9.85 Å². The minimum atomic E-state index is 0. The standard InChI is InChI=1S/C2H2N2S2.K/c5-2-4-3-1-6-2;/h1H,(H,4,5);. The Kier molecular flexibility index (Phi) is 5.41. The maximum atomic E-state index is 3.88. The Hall–Kier alpha value is 1.55. The maximum Gasteiger partial charge on any atom is 0.170 e. The molecule has 1 rings (SSSR count). The Bertz CT molecular complexity index is 117. The minimum absolute atomic E-state index is 0. The molecule has 1 radical (unpaired) electrons. The van der Waals surface area contributed by atoms with Crippen LogP contribution in [0.5, 0.6) is 0 Å². The van der Waals surface area contributed by atoms with Crippen molar-refractivity contribution in [3.05, 3.63) is 5.51 Å². The summed E-state index contributed by atoms with van der Waals surface area (Å²) in [5.74, 6) is 0. The van der Waals surface area contributed by atoms with Crippen molar-refractivity contribution in [3.63, 3.8) is 0 Å². The van der Waals surface area contributed by atoms with Gasteiger partial charge < -0.3 is 0 Å². The number of hydrogen-bond acceptors (Lipinski definition) is 4. The van der Waals surface area contributed by atoms with E-state index in [1.807, 2.05) is 0 Å². The van der Waals surface area contributed by atoms with Crippen molar-refractivity contribution in [3.8, 4) is 0 Å². The third-order valence-electron chi connectivity index (χ3n) is 0.349. The molecule has 0 atom stereocenters. The fourth-order valence-electron chi connectivity index (χ4n) is 0.167. The first-order valence-electron chi connectivity index (χ1n) is 1.35. The second-order valence-electron chi connectivity index (χ2n) is 0.721. The molecule has 1 heterocycles. The summed E-state index contributed by atoms with van der Waals surface area (Å²) in [7, 11) is 0. The van der Waals surface area contributed by atoms with Crippen molar-refractivity contribution >= 4 is 75.4 Å². The van der Waals surface area contributed by atoms with Crippen LogP contribution in [-0.2, 0) is 0 Å². The van der Waals surface area contributed by atoms with Gasteiger partial charge in [-0.3, -0.25) is 0 Å². The van der Waals surface area contributed by atoms with Gasteiger partial charge in [0.05, 0.1) is 0 Å². The summed E-state index contributed by atoms with van der Waals surface area (Å²) in [6.45, 7) is 0. The molecule has 5 heteroatoms. The third kappa shape index (κ3) is 3.18. The topological polar surface area (TPSA) is 25.8 Å². The first-order valence-corrected chi connectivity index (χ1v) is 2.67. The molecule has 0 aliphatic carbocycles. The summed E-state index contributed by atoms with van der Waals surface area (Å²) in [5.41, 5.74) is 1.64. The number of nitrogens with zero attached hydrogens (tertiary/aromatic N) is 2. The van der Waals surface area contributed by atoms with E-state index in [2.05, 4.69) is 22.8 Å². The molecule has 0 saturated heterocycles. The molecule has 0 aliphatic heterocycles. The van der Waals surface area contributed by atoms with Gasteiger partial charge in [0.25, 0.3) is 0 Å². The summed E-state index contributed by atoms with van der Waals surface area (Å²) in [4.78, 5) is 0. The summed E-state index contributed by atoms with van der Waals surface area (Å²) < 4.78 is 0.718. The molecule has 0 unspecified atom stereocenters. The molecule has 0 aromatic carbocycles. The van der Waals surface area contributed by atoms with Gasteiger partial charge in [-0.15, -0.1) is 22.8 Å². The predicted octanol–water partition coefficient (Wildman–Crippen LogP) is 0.446. The molecule has 2 nitrogen and oxygen atoms in total. The fraction of sp³-hybridized carbons (Fsp3) is 0. The van der Waals surface area contributed by atoms with E-state index in [-0.39, 0.29) is 51.4 Å². The third-order valence-corrected chi connectivity index (χ3v) is 1.25. The van der Waals surface area contributed by atoms with Gasteiger partial charge >= 0.3 is 0 Å². The van der Waals surface area contributed by atoms with Gasteiger partial charge in [0.15, 0.2) is 4.34 Å². The van der Waals surface area contributed by atoms with E-state index in [4.69, 9.17) is 0 Å². The molecule has 0 amide bonds. The fourth-order valence-corrected chi connectivity index (χ4v) is 0.643. The zero-order chi connectivity index (χ0) is 4.41. The Morgan fingerprint density at radius 1 is 1.71 bits per heavy atom. The van der Waals surface area contributed by atoms with Crippen LogP contribution in [-0.4, -0.2) is 61.6 Å². The van der Waals surface area contributed by atoms with Crippen LogP contribution in [0.2, 0.25) is 0 Å². The van der Waals surface area contributed by atoms with E-state index >= 15 is 0 Å². The Balaban J connectivity index is 0.000000360. The van der Waals surface area contributed by atoms with Crippen molar-refractivity contribution in [2.45, 2.75) is 4.34 Å². The first kappa shape index (κ1) is 8.55. The van der Waals surface area contributed by atoms with Crippen molar-refractivity contribution in [1.82, 2.24) is 10.2 Å². The molecular formula is C2H2KN2S2. The van der Waals surface area contributed by atoms with Crippen LogP contribution in [0.25, 0.3) is 0 Å². The van der Waals surface area contributed by atoms with Gasteiger partial charge in [0.2, 0.25) is 0 Å². The van der Waals surface area contributed by atoms with Crippen molar-refractivity contribution < 1.29 is 0 Å². The van der Waals surface area contributed by atoms with E-state index in [1.165, 1.54) is 11.3 Å². The number of hydrogen-bond donors (Lipinski definition) is 1. The average molecular weight is 157 g/mol. The second kappa shape index (κ2) is 4.43. The Morgan fingerprint density at radius 3 is 2.57 bits per heavy atom. The summed E-state index contributed by atoms with van der Waals surface area (Å²) in [6.07, 6.45) is 0. The molecule has 33 valence electrons. The molecule has 0 N–H and O–H groups in total. The maximum absolute atomic E-state index is 3.88. The van der Waals surface area contributed by atoms with Crippen LogP contribution < -0.4 is 0 Å². The molecule has 0 spiro atoms. The molecule has 7 heavy (non-hydrogen) atoms. The van der Waals surface area contributed by atoms with E-state index in [9.17, 15) is 0 Å². The molecule has 0 saturated carbocycles. The number of rotatable bonds is 0. The minimum Gasteiger partial charge on any atom is -0.146 e. The van der Waals surface area contributed by atoms with Crippen LogP contribution in [0.3, 0.4) is 0 Å². The van der Waals surface area contributed by atoms with Crippen LogP contribution in [0, 0.1) is 0 Å². The first-order chi connectivity index (χ1) is 2.89. The quantitative estimate of drug-likeness (QED) is 0.437. The van der Waals surface area contributed by atoms with Crippen molar-refractivity contribution in [1.29, 1.82) is 0 Å². The van der Waals surface area contributed by atoms with Gasteiger partial charge in [0, 0.05) is 51.4 Å². The van der Waals surface area contributed by atoms with E-state index in [0.29, 0.717) is 0 Å². The van der Waals surface area contributed by atoms with Gasteiger partial charge in [0.1, 0.15) is 5.51 Å². The predicted molar refractivity (Wildman–Crippen MR) is 32.9 cm³/mol. The monoisotopic (exact) mass is 157 g/mol.